The third-order valence-corrected chi connectivity index (χ3v) is 3.35. The molecular weight excluding hydrogens is 302 g/mol. The number of aryl methyl sites for hydroxylation is 1. The lowest BCUT2D eigenvalue weighted by atomic mass is 10.1. The van der Waals surface area contributed by atoms with Crippen molar-refractivity contribution >= 4 is 11.9 Å². The zero-order valence-corrected chi connectivity index (χ0v) is 12.7. The first-order valence-corrected chi connectivity index (χ1v) is 7.16. The average Bonchev–Trinajstić information content (AvgIpc) is 3.14. The maximum Gasteiger partial charge on any atom is 0.320 e. The normalized spacial score (nSPS) is 13.7. The first-order chi connectivity index (χ1) is 10.9. The molecule has 9 nitrogen and oxygen atoms in total. The maximum absolute atomic E-state index is 12.1. The van der Waals surface area contributed by atoms with E-state index in [2.05, 4.69) is 10.2 Å². The van der Waals surface area contributed by atoms with E-state index in [-0.39, 0.29) is 6.42 Å². The van der Waals surface area contributed by atoms with Crippen molar-refractivity contribution in [2.45, 2.75) is 38.3 Å². The standard InChI is InChI=1S/C14H19N5O4/c1-8-5-6-12(23-8)11-7-17-19(18-11)13(20)9(15)3-2-4-10(16)14(21)22/h5-7,9-10H,2-4,15-16H2,1H3,(H,21,22)/t9?,10-/m0/s1. The predicted molar refractivity (Wildman–Crippen MR) is 80.5 cm³/mol. The molecule has 0 aliphatic rings. The summed E-state index contributed by atoms with van der Waals surface area (Å²) >= 11 is 0. The molecule has 2 aromatic heterocycles. The average molecular weight is 321 g/mol. The minimum atomic E-state index is -1.07. The maximum atomic E-state index is 12.1. The summed E-state index contributed by atoms with van der Waals surface area (Å²) in [5.74, 6) is -0.296. The molecule has 124 valence electrons. The van der Waals surface area contributed by atoms with Crippen molar-refractivity contribution < 1.29 is 19.1 Å². The zero-order valence-electron chi connectivity index (χ0n) is 12.7. The van der Waals surface area contributed by atoms with Crippen LogP contribution in [0.4, 0.5) is 0 Å². The summed E-state index contributed by atoms with van der Waals surface area (Å²) in [5.41, 5.74) is 11.6. The lowest BCUT2D eigenvalue weighted by Gasteiger charge is -2.10. The number of nitrogens with zero attached hydrogens (tertiary/aromatic N) is 3. The smallest absolute Gasteiger partial charge is 0.320 e. The monoisotopic (exact) mass is 321 g/mol. The van der Waals surface area contributed by atoms with Gasteiger partial charge >= 0.3 is 5.97 Å². The van der Waals surface area contributed by atoms with Crippen LogP contribution in [0.15, 0.2) is 22.7 Å². The van der Waals surface area contributed by atoms with Crippen LogP contribution in [0.25, 0.3) is 11.5 Å². The lowest BCUT2D eigenvalue weighted by Crippen LogP contribution is -2.37. The topological polar surface area (TPSA) is 150 Å². The van der Waals surface area contributed by atoms with Gasteiger partial charge in [0.25, 0.3) is 5.91 Å². The Balaban J connectivity index is 1.92. The van der Waals surface area contributed by atoms with Gasteiger partial charge in [0.2, 0.25) is 0 Å². The molecule has 0 bridgehead atoms. The molecule has 0 saturated carbocycles. The van der Waals surface area contributed by atoms with Crippen molar-refractivity contribution in [1.29, 1.82) is 0 Å². The number of hydrogen-bond acceptors (Lipinski definition) is 7. The van der Waals surface area contributed by atoms with Crippen molar-refractivity contribution in [2.24, 2.45) is 11.5 Å². The number of carboxylic acid groups (broad SMARTS) is 1. The number of aliphatic carboxylic acids is 1. The van der Waals surface area contributed by atoms with Crippen molar-refractivity contribution in [1.82, 2.24) is 15.0 Å². The molecule has 1 unspecified atom stereocenters. The van der Waals surface area contributed by atoms with Gasteiger partial charge in [-0.25, -0.2) is 0 Å². The summed E-state index contributed by atoms with van der Waals surface area (Å²) in [4.78, 5) is 23.7. The summed E-state index contributed by atoms with van der Waals surface area (Å²) in [6.07, 6.45) is 2.39. The quantitative estimate of drug-likeness (QED) is 0.663. The van der Waals surface area contributed by atoms with E-state index < -0.39 is 24.0 Å². The summed E-state index contributed by atoms with van der Waals surface area (Å²) < 4.78 is 5.41. The molecular formula is C14H19N5O4. The van der Waals surface area contributed by atoms with Crippen LogP contribution in [0.5, 0.6) is 0 Å². The molecule has 9 heteroatoms. The van der Waals surface area contributed by atoms with Crippen LogP contribution < -0.4 is 11.5 Å². The second-order valence-electron chi connectivity index (χ2n) is 5.25. The van der Waals surface area contributed by atoms with Gasteiger partial charge in [-0.05, 0) is 38.3 Å². The lowest BCUT2D eigenvalue weighted by molar-refractivity contribution is -0.138. The Morgan fingerprint density at radius 2 is 2.00 bits per heavy atom. The predicted octanol–water partition coefficient (Wildman–Crippen LogP) is 0.396. The van der Waals surface area contributed by atoms with Crippen LogP contribution in [-0.4, -0.2) is 44.1 Å². The van der Waals surface area contributed by atoms with Crippen LogP contribution in [0, 0.1) is 6.92 Å². The van der Waals surface area contributed by atoms with Gasteiger partial charge in [-0.2, -0.15) is 5.10 Å². The van der Waals surface area contributed by atoms with Crippen LogP contribution >= 0.6 is 0 Å². The Kier molecular flexibility index (Phi) is 5.24. The Labute approximate surface area is 132 Å². The van der Waals surface area contributed by atoms with Crippen molar-refractivity contribution in [2.75, 3.05) is 0 Å². The highest BCUT2D eigenvalue weighted by Gasteiger charge is 2.20. The number of aromatic nitrogens is 3. The molecule has 0 aromatic carbocycles. The second kappa shape index (κ2) is 7.16. The van der Waals surface area contributed by atoms with E-state index in [1.165, 1.54) is 6.20 Å². The van der Waals surface area contributed by atoms with Gasteiger partial charge in [0.1, 0.15) is 17.5 Å². The van der Waals surface area contributed by atoms with Crippen LogP contribution in [0.2, 0.25) is 0 Å². The van der Waals surface area contributed by atoms with Crippen molar-refractivity contribution in [3.05, 3.63) is 24.1 Å². The van der Waals surface area contributed by atoms with E-state index in [4.69, 9.17) is 21.0 Å². The van der Waals surface area contributed by atoms with Crippen LogP contribution in [0.3, 0.4) is 0 Å². The SMILES string of the molecule is Cc1ccc(-c2cnn(C(=O)C(N)CCC[C@H](N)C(=O)O)n2)o1. The number of carbonyl (C=O) groups excluding carboxylic acids is 1. The third kappa shape index (κ3) is 4.24. The van der Waals surface area contributed by atoms with Gasteiger partial charge in [-0.15, -0.1) is 9.90 Å². The zero-order chi connectivity index (χ0) is 17.0. The van der Waals surface area contributed by atoms with Crippen molar-refractivity contribution in [3.8, 4) is 11.5 Å². The number of hydrogen-bond donors (Lipinski definition) is 3. The van der Waals surface area contributed by atoms with Gasteiger partial charge in [0.15, 0.2) is 5.76 Å². The van der Waals surface area contributed by atoms with Gasteiger partial charge in [0, 0.05) is 0 Å². The van der Waals surface area contributed by atoms with E-state index >= 15 is 0 Å². The number of rotatable bonds is 7. The minimum absolute atomic E-state index is 0.250. The summed E-state index contributed by atoms with van der Waals surface area (Å²) in [7, 11) is 0. The van der Waals surface area contributed by atoms with Gasteiger partial charge in [-0.1, -0.05) is 0 Å². The first kappa shape index (κ1) is 16.8. The number of nitrogens with two attached hydrogens (primary N) is 2. The number of furan rings is 1. The molecule has 2 aromatic rings. The van der Waals surface area contributed by atoms with Gasteiger partial charge in [0.05, 0.1) is 12.2 Å². The fourth-order valence-electron chi connectivity index (χ4n) is 2.01. The summed E-state index contributed by atoms with van der Waals surface area (Å²) in [5, 5.41) is 16.6. The highest BCUT2D eigenvalue weighted by molar-refractivity contribution is 5.82. The molecule has 0 aliphatic carbocycles. The molecule has 0 saturated heterocycles. The minimum Gasteiger partial charge on any atom is -0.480 e. The molecule has 0 spiro atoms. The Hall–Kier alpha value is -2.52. The largest absolute Gasteiger partial charge is 0.480 e. The van der Waals surface area contributed by atoms with Gasteiger partial charge in [-0.3, -0.25) is 9.59 Å². The molecule has 0 aliphatic heterocycles. The molecule has 2 rings (SSSR count). The molecule has 2 atom stereocenters. The highest BCUT2D eigenvalue weighted by atomic mass is 16.4. The van der Waals surface area contributed by atoms with Crippen LogP contribution in [0.1, 0.15) is 29.8 Å². The van der Waals surface area contributed by atoms with Crippen molar-refractivity contribution in [3.63, 3.8) is 0 Å². The van der Waals surface area contributed by atoms with Crippen LogP contribution in [-0.2, 0) is 4.79 Å². The fourth-order valence-corrected chi connectivity index (χ4v) is 2.01. The van der Waals surface area contributed by atoms with E-state index in [0.29, 0.717) is 24.3 Å². The molecule has 0 fully saturated rings. The van der Waals surface area contributed by atoms with E-state index in [0.717, 1.165) is 10.6 Å². The Morgan fingerprint density at radius 1 is 1.30 bits per heavy atom. The fraction of sp³-hybridized carbons (Fsp3) is 0.429. The van der Waals surface area contributed by atoms with Gasteiger partial charge < -0.3 is 21.0 Å². The summed E-state index contributed by atoms with van der Waals surface area (Å²) in [6, 6.07) is 1.75. The number of carbonyl (C=O) groups is 2. The van der Waals surface area contributed by atoms with E-state index in [1.54, 1.807) is 19.1 Å². The molecule has 23 heavy (non-hydrogen) atoms. The molecule has 5 N–H and O–H groups in total. The van der Waals surface area contributed by atoms with E-state index in [1.807, 2.05) is 0 Å². The Morgan fingerprint density at radius 3 is 2.61 bits per heavy atom. The third-order valence-electron chi connectivity index (χ3n) is 3.35. The Bertz CT molecular complexity index is 693. The summed E-state index contributed by atoms with van der Waals surface area (Å²) in [6.45, 7) is 1.80. The number of carboxylic acids is 1. The first-order valence-electron chi connectivity index (χ1n) is 7.16. The molecule has 0 amide bonds. The molecule has 2 heterocycles. The second-order valence-corrected chi connectivity index (χ2v) is 5.25. The highest BCUT2D eigenvalue weighted by Crippen LogP contribution is 2.18. The van der Waals surface area contributed by atoms with E-state index in [9.17, 15) is 9.59 Å². The molecule has 0 radical (unpaired) electrons.